The number of rotatable bonds is 4. The maximum atomic E-state index is 5.13. The van der Waals surface area contributed by atoms with Crippen molar-refractivity contribution in [3.05, 3.63) is 0 Å². The Balaban J connectivity index is 4.21. The molecule has 0 saturated heterocycles. The molecule has 0 spiro atoms. The molecule has 0 aliphatic rings. The van der Waals surface area contributed by atoms with Crippen molar-refractivity contribution in [3.8, 4) is 0 Å². The molecule has 0 radical (unpaired) electrons. The van der Waals surface area contributed by atoms with Crippen LogP contribution in [0.2, 0.25) is 0 Å². The Bertz CT molecular complexity index is 158. The Kier molecular flexibility index (Phi) is 5.01. The SMILES string of the molecule is COP(=S)(OC)SC(C)(C)S. The Morgan fingerprint density at radius 2 is 1.73 bits per heavy atom. The molecule has 0 bridgehead atoms. The van der Waals surface area contributed by atoms with Gasteiger partial charge in [0, 0.05) is 14.2 Å². The molecule has 0 N–H and O–H groups in total. The first-order valence-corrected chi connectivity index (χ1v) is 7.48. The monoisotopic (exact) mass is 232 g/mol. The fourth-order valence-corrected chi connectivity index (χ4v) is 6.50. The Morgan fingerprint density at radius 1 is 1.36 bits per heavy atom. The van der Waals surface area contributed by atoms with Gasteiger partial charge in [-0.15, -0.1) is 0 Å². The third kappa shape index (κ3) is 5.50. The number of hydrogen-bond acceptors (Lipinski definition) is 5. The molecule has 0 aromatic rings. The first kappa shape index (κ1) is 12.3. The highest BCUT2D eigenvalue weighted by Crippen LogP contribution is 2.65. The van der Waals surface area contributed by atoms with E-state index >= 15 is 0 Å². The number of thiol groups is 1. The summed E-state index contributed by atoms with van der Waals surface area (Å²) >= 11 is 10.9. The zero-order valence-electron chi connectivity index (χ0n) is 7.03. The predicted molar refractivity (Wildman–Crippen MR) is 59.0 cm³/mol. The van der Waals surface area contributed by atoms with Crippen molar-refractivity contribution < 1.29 is 9.05 Å². The van der Waals surface area contributed by atoms with Gasteiger partial charge < -0.3 is 9.05 Å². The highest BCUT2D eigenvalue weighted by Gasteiger charge is 2.25. The van der Waals surface area contributed by atoms with E-state index in [1.165, 1.54) is 11.4 Å². The van der Waals surface area contributed by atoms with E-state index < -0.39 is 5.69 Å². The molecule has 11 heavy (non-hydrogen) atoms. The van der Waals surface area contributed by atoms with Crippen LogP contribution >= 0.6 is 29.7 Å². The van der Waals surface area contributed by atoms with Crippen molar-refractivity contribution in [2.75, 3.05) is 14.2 Å². The summed E-state index contributed by atoms with van der Waals surface area (Å²) in [4.78, 5) is 0. The summed E-state index contributed by atoms with van der Waals surface area (Å²) < 4.78 is 9.95. The zero-order chi connectivity index (χ0) is 9.12. The first-order chi connectivity index (χ1) is 4.83. The second kappa shape index (κ2) is 4.49. The summed E-state index contributed by atoms with van der Waals surface area (Å²) in [6.45, 7) is 3.92. The summed E-state index contributed by atoms with van der Waals surface area (Å²) in [7, 11) is 3.13. The second-order valence-corrected chi connectivity index (χ2v) is 10.7. The van der Waals surface area contributed by atoms with Gasteiger partial charge in [-0.25, -0.2) is 0 Å². The highest BCUT2D eigenvalue weighted by molar-refractivity contribution is 8.69. The highest BCUT2D eigenvalue weighted by atomic mass is 32.9. The van der Waals surface area contributed by atoms with E-state index in [1.807, 2.05) is 13.8 Å². The van der Waals surface area contributed by atoms with Crippen LogP contribution in [0.4, 0.5) is 0 Å². The topological polar surface area (TPSA) is 18.5 Å². The average Bonchev–Trinajstić information content (AvgIpc) is 1.84. The molecule has 0 fully saturated rings. The van der Waals surface area contributed by atoms with E-state index in [-0.39, 0.29) is 4.08 Å². The van der Waals surface area contributed by atoms with Crippen molar-refractivity contribution in [1.29, 1.82) is 0 Å². The van der Waals surface area contributed by atoms with Crippen molar-refractivity contribution in [3.63, 3.8) is 0 Å². The van der Waals surface area contributed by atoms with Crippen LogP contribution in [0.15, 0.2) is 0 Å². The fraction of sp³-hybridized carbons (Fsp3) is 1.00. The summed E-state index contributed by atoms with van der Waals surface area (Å²) in [6.07, 6.45) is 0. The van der Waals surface area contributed by atoms with Crippen LogP contribution in [0.5, 0.6) is 0 Å². The molecule has 6 heteroatoms. The Hall–Kier alpha value is 1.27. The maximum Gasteiger partial charge on any atom is 0.248 e. The van der Waals surface area contributed by atoms with Crippen LogP contribution in [0.25, 0.3) is 0 Å². The maximum absolute atomic E-state index is 5.13. The molecule has 0 rings (SSSR count). The molecular formula is C5H13O2PS3. The van der Waals surface area contributed by atoms with Gasteiger partial charge >= 0.3 is 0 Å². The second-order valence-electron chi connectivity index (χ2n) is 2.35. The molecule has 0 aromatic carbocycles. The van der Waals surface area contributed by atoms with Gasteiger partial charge in [0.2, 0.25) is 5.69 Å². The summed E-state index contributed by atoms with van der Waals surface area (Å²) in [5.41, 5.74) is -2.13. The van der Waals surface area contributed by atoms with Crippen LogP contribution in [0.3, 0.4) is 0 Å². The van der Waals surface area contributed by atoms with Gasteiger partial charge in [0.1, 0.15) is 0 Å². The van der Waals surface area contributed by atoms with E-state index in [4.69, 9.17) is 20.9 Å². The smallest absolute Gasteiger partial charge is 0.248 e. The van der Waals surface area contributed by atoms with Gasteiger partial charge in [-0.2, -0.15) is 12.6 Å². The third-order valence-electron chi connectivity index (χ3n) is 0.782. The molecule has 2 nitrogen and oxygen atoms in total. The Labute approximate surface area is 82.7 Å². The molecule has 0 heterocycles. The Morgan fingerprint density at radius 3 is 1.82 bits per heavy atom. The summed E-state index contributed by atoms with van der Waals surface area (Å²) in [6, 6.07) is 0. The third-order valence-corrected chi connectivity index (χ3v) is 7.55. The van der Waals surface area contributed by atoms with Gasteiger partial charge in [0.05, 0.1) is 4.08 Å². The van der Waals surface area contributed by atoms with Gasteiger partial charge in [-0.05, 0) is 25.7 Å². The molecule has 68 valence electrons. The van der Waals surface area contributed by atoms with Crippen LogP contribution in [-0.2, 0) is 20.9 Å². The molecule has 0 aliphatic heterocycles. The van der Waals surface area contributed by atoms with Crippen molar-refractivity contribution in [2.45, 2.75) is 17.9 Å². The van der Waals surface area contributed by atoms with Gasteiger partial charge in [-0.3, -0.25) is 0 Å². The lowest BCUT2D eigenvalue weighted by Crippen LogP contribution is -2.03. The van der Waals surface area contributed by atoms with Gasteiger partial charge in [0.25, 0.3) is 0 Å². The van der Waals surface area contributed by atoms with E-state index in [0.717, 1.165) is 0 Å². The average molecular weight is 232 g/mol. The minimum absolute atomic E-state index is 0.207. The van der Waals surface area contributed by atoms with Crippen LogP contribution < -0.4 is 0 Å². The molecule has 0 aliphatic carbocycles. The van der Waals surface area contributed by atoms with E-state index in [9.17, 15) is 0 Å². The predicted octanol–water partition coefficient (Wildman–Crippen LogP) is 2.90. The van der Waals surface area contributed by atoms with Crippen molar-refractivity contribution >= 4 is 41.5 Å². The largest absolute Gasteiger partial charge is 0.325 e. The van der Waals surface area contributed by atoms with Crippen molar-refractivity contribution in [1.82, 2.24) is 0 Å². The molecule has 0 atom stereocenters. The lowest BCUT2D eigenvalue weighted by atomic mass is 10.6. The first-order valence-electron chi connectivity index (χ1n) is 2.97. The summed E-state index contributed by atoms with van der Waals surface area (Å²) in [5.74, 6) is 0. The standard InChI is InChI=1S/C5H13O2PS3/c1-5(2,9)11-8(10,6-3)7-4/h9H,1-4H3. The minimum Gasteiger partial charge on any atom is -0.325 e. The minimum atomic E-state index is -2.13. The van der Waals surface area contributed by atoms with E-state index in [2.05, 4.69) is 12.6 Å². The fourth-order valence-electron chi connectivity index (χ4n) is 0.423. The molecule has 0 amide bonds. The molecule has 0 aromatic heterocycles. The quantitative estimate of drug-likeness (QED) is 0.456. The lowest BCUT2D eigenvalue weighted by Gasteiger charge is -2.24. The van der Waals surface area contributed by atoms with E-state index in [1.54, 1.807) is 14.2 Å². The zero-order valence-corrected chi connectivity index (χ0v) is 10.4. The molecular weight excluding hydrogens is 219 g/mol. The summed E-state index contributed by atoms with van der Waals surface area (Å²) in [5, 5.41) is 0. The molecule has 0 unspecified atom stereocenters. The van der Waals surface area contributed by atoms with Crippen LogP contribution in [-0.4, -0.2) is 18.3 Å². The lowest BCUT2D eigenvalue weighted by molar-refractivity contribution is 0.354. The number of hydrogen-bond donors (Lipinski definition) is 1. The van der Waals surface area contributed by atoms with Gasteiger partial charge in [-0.1, -0.05) is 11.4 Å². The van der Waals surface area contributed by atoms with Crippen molar-refractivity contribution in [2.24, 2.45) is 0 Å². The van der Waals surface area contributed by atoms with Gasteiger partial charge in [0.15, 0.2) is 0 Å². The molecule has 0 saturated carbocycles. The van der Waals surface area contributed by atoms with E-state index in [0.29, 0.717) is 0 Å². The van der Waals surface area contributed by atoms with Crippen LogP contribution in [0, 0.1) is 0 Å². The normalized spacial score (nSPS) is 13.5. The van der Waals surface area contributed by atoms with Crippen LogP contribution in [0.1, 0.15) is 13.8 Å².